The molecule has 0 N–H and O–H groups in total. The van der Waals surface area contributed by atoms with E-state index in [0.717, 1.165) is 36.4 Å². The van der Waals surface area contributed by atoms with E-state index in [1.807, 2.05) is 0 Å². The maximum Gasteiger partial charge on any atom is 0.416 e. The fourth-order valence-electron chi connectivity index (χ4n) is 2.63. The van der Waals surface area contributed by atoms with Gasteiger partial charge in [-0.1, -0.05) is 12.1 Å². The second kappa shape index (κ2) is 4.89. The minimum Gasteiger partial charge on any atom is -0.241 e. The first kappa shape index (κ1) is 13.1. The lowest BCUT2D eigenvalue weighted by atomic mass is 9.69. The fraction of sp³-hybridized carbons (Fsp3) is 0.333. The van der Waals surface area contributed by atoms with Gasteiger partial charge in [-0.3, -0.25) is 0 Å². The van der Waals surface area contributed by atoms with Gasteiger partial charge in [0.25, 0.3) is 0 Å². The van der Waals surface area contributed by atoms with Crippen molar-refractivity contribution in [2.24, 2.45) is 0 Å². The monoisotopic (exact) mass is 278 g/mol. The summed E-state index contributed by atoms with van der Waals surface area (Å²) in [7, 11) is 0. The molecule has 1 saturated carbocycles. The molecule has 1 unspecified atom stereocenters. The summed E-state index contributed by atoms with van der Waals surface area (Å²) in [6, 6.07) is 7.20. The van der Waals surface area contributed by atoms with E-state index in [1.165, 1.54) is 0 Å². The molecule has 0 aliphatic heterocycles. The lowest BCUT2D eigenvalue weighted by molar-refractivity contribution is -0.137. The van der Waals surface area contributed by atoms with Crippen LogP contribution in [0.3, 0.4) is 0 Å². The Morgan fingerprint density at radius 1 is 0.900 bits per heavy atom. The zero-order valence-electron chi connectivity index (χ0n) is 10.6. The lowest BCUT2D eigenvalue weighted by Gasteiger charge is -2.35. The Morgan fingerprint density at radius 2 is 1.50 bits per heavy atom. The lowest BCUT2D eigenvalue weighted by Crippen LogP contribution is -2.23. The van der Waals surface area contributed by atoms with Crippen molar-refractivity contribution in [2.45, 2.75) is 30.9 Å². The second-order valence-electron chi connectivity index (χ2n) is 5.02. The van der Waals surface area contributed by atoms with Gasteiger partial charge in [0.05, 0.1) is 5.56 Å². The minimum atomic E-state index is -4.28. The molecule has 1 aliphatic rings. The average molecular weight is 278 g/mol. The van der Waals surface area contributed by atoms with Crippen molar-refractivity contribution in [2.75, 3.05) is 0 Å². The number of benzene rings is 1. The molecule has 5 heteroatoms. The topological polar surface area (TPSA) is 25.8 Å². The highest BCUT2D eigenvalue weighted by Gasteiger charge is 2.36. The van der Waals surface area contributed by atoms with Crippen LogP contribution in [-0.4, -0.2) is 9.97 Å². The molecule has 0 bridgehead atoms. The van der Waals surface area contributed by atoms with Crippen LogP contribution < -0.4 is 0 Å². The first-order valence-corrected chi connectivity index (χ1v) is 6.50. The zero-order chi connectivity index (χ0) is 14.2. The SMILES string of the molecule is FC(F)(F)c1ccc(C2CC[C@@H]2c2ncccn2)cc1. The maximum absolute atomic E-state index is 12.5. The van der Waals surface area contributed by atoms with Crippen molar-refractivity contribution < 1.29 is 13.2 Å². The van der Waals surface area contributed by atoms with Crippen molar-refractivity contribution in [3.63, 3.8) is 0 Å². The Hall–Kier alpha value is -1.91. The molecule has 2 nitrogen and oxygen atoms in total. The molecule has 0 radical (unpaired) electrons. The summed E-state index contributed by atoms with van der Waals surface area (Å²) >= 11 is 0. The largest absolute Gasteiger partial charge is 0.416 e. The third kappa shape index (κ3) is 2.40. The second-order valence-corrected chi connectivity index (χ2v) is 5.02. The summed E-state index contributed by atoms with van der Waals surface area (Å²) in [5.74, 6) is 1.22. The maximum atomic E-state index is 12.5. The van der Waals surface area contributed by atoms with Gasteiger partial charge in [0, 0.05) is 18.3 Å². The van der Waals surface area contributed by atoms with Crippen molar-refractivity contribution in [3.8, 4) is 0 Å². The Balaban J connectivity index is 1.80. The predicted molar refractivity (Wildman–Crippen MR) is 68.2 cm³/mol. The van der Waals surface area contributed by atoms with Crippen molar-refractivity contribution in [1.29, 1.82) is 0 Å². The average Bonchev–Trinajstić information content (AvgIpc) is 2.38. The molecule has 3 rings (SSSR count). The van der Waals surface area contributed by atoms with Gasteiger partial charge in [-0.2, -0.15) is 13.2 Å². The summed E-state index contributed by atoms with van der Waals surface area (Å²) in [6.07, 6.45) is 1.07. The van der Waals surface area contributed by atoms with Crippen LogP contribution in [0.1, 0.15) is 41.6 Å². The zero-order valence-corrected chi connectivity index (χ0v) is 10.6. The molecule has 1 aromatic heterocycles. The van der Waals surface area contributed by atoms with E-state index in [-0.39, 0.29) is 11.8 Å². The molecule has 20 heavy (non-hydrogen) atoms. The molecular formula is C15H13F3N2. The van der Waals surface area contributed by atoms with E-state index >= 15 is 0 Å². The smallest absolute Gasteiger partial charge is 0.241 e. The highest BCUT2D eigenvalue weighted by Crippen LogP contribution is 2.48. The number of nitrogens with zero attached hydrogens (tertiary/aromatic N) is 2. The first-order chi connectivity index (χ1) is 9.55. The molecule has 0 amide bonds. The van der Waals surface area contributed by atoms with Gasteiger partial charge in [0.15, 0.2) is 0 Å². The molecule has 1 fully saturated rings. The van der Waals surface area contributed by atoms with Crippen molar-refractivity contribution in [3.05, 3.63) is 59.7 Å². The van der Waals surface area contributed by atoms with Crippen LogP contribution in [0.5, 0.6) is 0 Å². The van der Waals surface area contributed by atoms with Crippen LogP contribution in [0.25, 0.3) is 0 Å². The van der Waals surface area contributed by atoms with Crippen molar-refractivity contribution >= 4 is 0 Å². The van der Waals surface area contributed by atoms with Gasteiger partial charge < -0.3 is 0 Å². The van der Waals surface area contributed by atoms with E-state index in [2.05, 4.69) is 9.97 Å². The van der Waals surface area contributed by atoms with E-state index < -0.39 is 11.7 Å². The van der Waals surface area contributed by atoms with Gasteiger partial charge in [0.1, 0.15) is 5.82 Å². The Bertz CT molecular complexity index is 578. The highest BCUT2D eigenvalue weighted by atomic mass is 19.4. The third-order valence-electron chi connectivity index (χ3n) is 3.86. The molecular weight excluding hydrogens is 265 g/mol. The number of hydrogen-bond donors (Lipinski definition) is 0. The van der Waals surface area contributed by atoms with E-state index in [9.17, 15) is 13.2 Å². The van der Waals surface area contributed by atoms with Crippen LogP contribution in [-0.2, 0) is 6.18 Å². The number of aromatic nitrogens is 2. The van der Waals surface area contributed by atoms with Crippen LogP contribution in [0.2, 0.25) is 0 Å². The summed E-state index contributed by atoms with van der Waals surface area (Å²) in [5.41, 5.74) is 0.329. The van der Waals surface area contributed by atoms with Crippen LogP contribution in [0.4, 0.5) is 13.2 Å². The molecule has 1 aliphatic carbocycles. The number of hydrogen-bond acceptors (Lipinski definition) is 2. The normalized spacial score (nSPS) is 22.4. The third-order valence-corrected chi connectivity index (χ3v) is 3.86. The van der Waals surface area contributed by atoms with Crippen LogP contribution in [0.15, 0.2) is 42.7 Å². The molecule has 1 heterocycles. The molecule has 104 valence electrons. The number of alkyl halides is 3. The van der Waals surface area contributed by atoms with Gasteiger partial charge >= 0.3 is 6.18 Å². The summed E-state index contributed by atoms with van der Waals surface area (Å²) in [6.45, 7) is 0. The summed E-state index contributed by atoms with van der Waals surface area (Å²) in [4.78, 5) is 8.48. The number of halogens is 3. The van der Waals surface area contributed by atoms with Gasteiger partial charge in [-0.15, -0.1) is 0 Å². The fourth-order valence-corrected chi connectivity index (χ4v) is 2.63. The van der Waals surface area contributed by atoms with Crippen LogP contribution in [0, 0.1) is 0 Å². The molecule has 2 atom stereocenters. The van der Waals surface area contributed by atoms with E-state index in [1.54, 1.807) is 30.6 Å². The summed E-state index contributed by atoms with van der Waals surface area (Å²) < 4.78 is 37.6. The quantitative estimate of drug-likeness (QED) is 0.824. The Morgan fingerprint density at radius 3 is 2.00 bits per heavy atom. The van der Waals surface area contributed by atoms with Crippen molar-refractivity contribution in [1.82, 2.24) is 9.97 Å². The number of rotatable bonds is 2. The van der Waals surface area contributed by atoms with E-state index in [0.29, 0.717) is 0 Å². The molecule has 2 aromatic rings. The first-order valence-electron chi connectivity index (χ1n) is 6.50. The van der Waals surface area contributed by atoms with Crippen LogP contribution >= 0.6 is 0 Å². The Labute approximate surface area is 114 Å². The van der Waals surface area contributed by atoms with E-state index in [4.69, 9.17) is 0 Å². The minimum absolute atomic E-state index is 0.216. The van der Waals surface area contributed by atoms with Gasteiger partial charge in [-0.05, 0) is 42.5 Å². The standard InChI is InChI=1S/C15H13F3N2/c16-15(17,18)11-4-2-10(3-5-11)12-6-7-13(12)14-19-8-1-9-20-14/h1-5,8-9,12-13H,6-7H2/t12?,13-/m0/s1. The molecule has 1 aromatic carbocycles. The molecule has 0 saturated heterocycles. The Kier molecular flexibility index (Phi) is 3.20. The summed E-state index contributed by atoms with van der Waals surface area (Å²) in [5, 5.41) is 0. The highest BCUT2D eigenvalue weighted by molar-refractivity contribution is 5.31. The predicted octanol–water partition coefficient (Wildman–Crippen LogP) is 4.16. The van der Waals surface area contributed by atoms with Gasteiger partial charge in [-0.25, -0.2) is 9.97 Å². The van der Waals surface area contributed by atoms with Gasteiger partial charge in [0.2, 0.25) is 0 Å². The molecule has 0 spiro atoms.